The monoisotopic (exact) mass is 396 g/mol. The normalized spacial score (nSPS) is 25.2. The number of nitrogens with zero attached hydrogens (tertiary/aromatic N) is 3. The fourth-order valence-electron chi connectivity index (χ4n) is 3.82. The Bertz CT molecular complexity index is 852. The van der Waals surface area contributed by atoms with E-state index in [-0.39, 0.29) is 6.54 Å². The van der Waals surface area contributed by atoms with Crippen molar-refractivity contribution in [3.8, 4) is 0 Å². The van der Waals surface area contributed by atoms with Gasteiger partial charge in [-0.15, -0.1) is 0 Å². The molecule has 0 aliphatic carbocycles. The third kappa shape index (κ3) is 3.22. The number of benzene rings is 1. The molecule has 3 amide bonds. The second-order valence-corrected chi connectivity index (χ2v) is 7.97. The summed E-state index contributed by atoms with van der Waals surface area (Å²) in [5.74, 6) is -0.780. The number of likely N-dealkylation sites (tertiary alicyclic amines) is 1. The maximum absolute atomic E-state index is 12.5. The Morgan fingerprint density at radius 1 is 1.15 bits per heavy atom. The van der Waals surface area contributed by atoms with Crippen LogP contribution in [0.3, 0.4) is 0 Å². The summed E-state index contributed by atoms with van der Waals surface area (Å²) in [6.45, 7) is 3.24. The van der Waals surface area contributed by atoms with E-state index < -0.39 is 34.3 Å². The van der Waals surface area contributed by atoms with E-state index in [0.29, 0.717) is 29.6 Å². The Balaban J connectivity index is 1.39. The molecule has 4 rings (SSSR count). The SMILES string of the molecule is O=C(Nc1ccc(N2CCOCC2)cc1)N1CC[C@@H]2[C@H]1C(=O)N2S(=O)(=O)O. The van der Waals surface area contributed by atoms with E-state index in [9.17, 15) is 18.0 Å². The van der Waals surface area contributed by atoms with Crippen LogP contribution in [-0.4, -0.2) is 79.0 Å². The number of hydrogen-bond acceptors (Lipinski definition) is 6. The second-order valence-electron chi connectivity index (χ2n) is 6.68. The number of anilines is 2. The van der Waals surface area contributed by atoms with E-state index in [1.54, 1.807) is 12.1 Å². The smallest absolute Gasteiger partial charge is 0.362 e. The lowest BCUT2D eigenvalue weighted by Gasteiger charge is -2.42. The van der Waals surface area contributed by atoms with E-state index in [4.69, 9.17) is 9.29 Å². The molecule has 3 saturated heterocycles. The van der Waals surface area contributed by atoms with E-state index in [0.717, 1.165) is 18.8 Å². The second kappa shape index (κ2) is 6.66. The summed E-state index contributed by atoms with van der Waals surface area (Å²) < 4.78 is 37.3. The van der Waals surface area contributed by atoms with Crippen LogP contribution in [0.2, 0.25) is 0 Å². The summed E-state index contributed by atoms with van der Waals surface area (Å²) in [7, 11) is -4.58. The minimum absolute atomic E-state index is 0.241. The molecular formula is C16H20N4O6S. The third-order valence-corrected chi connectivity index (χ3v) is 6.09. The first-order chi connectivity index (χ1) is 12.9. The summed E-state index contributed by atoms with van der Waals surface area (Å²) in [6, 6.07) is 5.36. The minimum Gasteiger partial charge on any atom is -0.378 e. The maximum Gasteiger partial charge on any atom is 0.362 e. The Morgan fingerprint density at radius 3 is 2.44 bits per heavy atom. The first-order valence-electron chi connectivity index (χ1n) is 8.67. The largest absolute Gasteiger partial charge is 0.378 e. The number of morpholine rings is 1. The highest BCUT2D eigenvalue weighted by Crippen LogP contribution is 2.35. The van der Waals surface area contributed by atoms with E-state index >= 15 is 0 Å². The first kappa shape index (κ1) is 18.0. The molecule has 3 heterocycles. The summed E-state index contributed by atoms with van der Waals surface area (Å²) in [5.41, 5.74) is 1.62. The van der Waals surface area contributed by atoms with Gasteiger partial charge in [-0.2, -0.15) is 8.42 Å². The number of rotatable bonds is 3. The molecule has 2 N–H and O–H groups in total. The van der Waals surface area contributed by atoms with Gasteiger partial charge in [-0.1, -0.05) is 0 Å². The third-order valence-electron chi connectivity index (χ3n) is 5.14. The molecule has 1 aromatic rings. The lowest BCUT2D eigenvalue weighted by Crippen LogP contribution is -2.68. The van der Waals surface area contributed by atoms with Gasteiger partial charge in [0, 0.05) is 31.0 Å². The van der Waals surface area contributed by atoms with Crippen LogP contribution in [0.4, 0.5) is 16.2 Å². The molecule has 3 aliphatic rings. The number of ether oxygens (including phenoxy) is 1. The first-order valence-corrected chi connectivity index (χ1v) is 10.1. The molecule has 0 aromatic heterocycles. The molecule has 3 fully saturated rings. The Hall–Kier alpha value is -2.37. The molecule has 0 unspecified atom stereocenters. The van der Waals surface area contributed by atoms with Gasteiger partial charge < -0.3 is 19.9 Å². The van der Waals surface area contributed by atoms with Crippen molar-refractivity contribution in [3.63, 3.8) is 0 Å². The van der Waals surface area contributed by atoms with Crippen LogP contribution in [-0.2, 0) is 19.8 Å². The molecule has 11 heteroatoms. The fraction of sp³-hybridized carbons (Fsp3) is 0.500. The lowest BCUT2D eigenvalue weighted by atomic mass is 10.0. The van der Waals surface area contributed by atoms with Crippen LogP contribution in [0.5, 0.6) is 0 Å². The zero-order valence-corrected chi connectivity index (χ0v) is 15.3. The Kier molecular flexibility index (Phi) is 4.44. The number of urea groups is 1. The predicted octanol–water partition coefficient (Wildman–Crippen LogP) is 0.143. The zero-order chi connectivity index (χ0) is 19.2. The number of carbonyl (C=O) groups is 2. The van der Waals surface area contributed by atoms with E-state index in [2.05, 4.69) is 10.2 Å². The number of nitrogens with one attached hydrogen (secondary N) is 1. The summed E-state index contributed by atoms with van der Waals surface area (Å²) in [4.78, 5) is 28.0. The molecule has 10 nitrogen and oxygen atoms in total. The molecule has 0 spiro atoms. The average Bonchev–Trinajstić information content (AvgIpc) is 3.00. The number of amides is 3. The summed E-state index contributed by atoms with van der Waals surface area (Å²) in [6.07, 6.45) is 0.305. The van der Waals surface area contributed by atoms with Crippen molar-refractivity contribution in [1.82, 2.24) is 9.21 Å². The van der Waals surface area contributed by atoms with Crippen molar-refractivity contribution in [2.45, 2.75) is 18.5 Å². The molecule has 0 bridgehead atoms. The molecule has 3 aliphatic heterocycles. The molecule has 0 radical (unpaired) electrons. The van der Waals surface area contributed by atoms with Gasteiger partial charge in [0.1, 0.15) is 6.04 Å². The van der Waals surface area contributed by atoms with Gasteiger partial charge in [-0.25, -0.2) is 9.10 Å². The van der Waals surface area contributed by atoms with Gasteiger partial charge in [0.05, 0.1) is 19.3 Å². The van der Waals surface area contributed by atoms with Gasteiger partial charge >= 0.3 is 16.3 Å². The van der Waals surface area contributed by atoms with Crippen molar-refractivity contribution < 1.29 is 27.3 Å². The maximum atomic E-state index is 12.5. The van der Waals surface area contributed by atoms with Gasteiger partial charge in [-0.05, 0) is 30.7 Å². The van der Waals surface area contributed by atoms with Crippen LogP contribution in [0, 0.1) is 0 Å². The standard InChI is InChI=1S/C16H20N4O6S/c21-15-14-13(20(15)27(23,24)25)5-6-19(14)16(22)17-11-1-3-12(4-2-11)18-7-9-26-10-8-18/h1-4,13-14H,5-10H2,(H,17,22)(H,23,24,25)/t13-,14+/m1/s1. The fourth-order valence-corrected chi connectivity index (χ4v) is 4.71. The van der Waals surface area contributed by atoms with Crippen molar-refractivity contribution in [3.05, 3.63) is 24.3 Å². The van der Waals surface area contributed by atoms with Crippen molar-refractivity contribution >= 4 is 33.6 Å². The Labute approximate surface area is 156 Å². The predicted molar refractivity (Wildman–Crippen MR) is 95.8 cm³/mol. The number of fused-ring (bicyclic) bond motifs is 1. The van der Waals surface area contributed by atoms with E-state index in [1.807, 2.05) is 12.1 Å². The molecule has 0 saturated carbocycles. The molecular weight excluding hydrogens is 376 g/mol. The minimum atomic E-state index is -4.58. The zero-order valence-electron chi connectivity index (χ0n) is 14.4. The highest BCUT2D eigenvalue weighted by molar-refractivity contribution is 7.84. The van der Waals surface area contributed by atoms with Crippen LogP contribution < -0.4 is 10.2 Å². The van der Waals surface area contributed by atoms with Crippen LogP contribution >= 0.6 is 0 Å². The number of carbonyl (C=O) groups excluding carboxylic acids is 2. The van der Waals surface area contributed by atoms with E-state index in [1.165, 1.54) is 4.90 Å². The van der Waals surface area contributed by atoms with Crippen molar-refractivity contribution in [1.29, 1.82) is 0 Å². The van der Waals surface area contributed by atoms with Gasteiger partial charge in [0.15, 0.2) is 0 Å². The summed E-state index contributed by atoms with van der Waals surface area (Å²) >= 11 is 0. The van der Waals surface area contributed by atoms with Crippen LogP contribution in [0.25, 0.3) is 0 Å². The van der Waals surface area contributed by atoms with Crippen LogP contribution in [0.15, 0.2) is 24.3 Å². The van der Waals surface area contributed by atoms with Gasteiger partial charge in [0.2, 0.25) is 0 Å². The Morgan fingerprint density at radius 2 is 1.81 bits per heavy atom. The topological polar surface area (TPSA) is 119 Å². The average molecular weight is 396 g/mol. The highest BCUT2D eigenvalue weighted by Gasteiger charge is 2.60. The summed E-state index contributed by atoms with van der Waals surface area (Å²) in [5, 5.41) is 2.73. The quantitative estimate of drug-likeness (QED) is 0.551. The van der Waals surface area contributed by atoms with Crippen molar-refractivity contribution in [2.24, 2.45) is 0 Å². The molecule has 146 valence electrons. The lowest BCUT2D eigenvalue weighted by molar-refractivity contribution is -0.143. The number of β-lactam (4-membered cyclic amide) rings is 1. The molecule has 27 heavy (non-hydrogen) atoms. The van der Waals surface area contributed by atoms with Gasteiger partial charge in [0.25, 0.3) is 5.91 Å². The van der Waals surface area contributed by atoms with Gasteiger partial charge in [-0.3, -0.25) is 9.35 Å². The van der Waals surface area contributed by atoms with Crippen LogP contribution in [0.1, 0.15) is 6.42 Å². The molecule has 1 aromatic carbocycles. The number of hydrogen-bond donors (Lipinski definition) is 2. The highest BCUT2D eigenvalue weighted by atomic mass is 32.2. The van der Waals surface area contributed by atoms with Crippen molar-refractivity contribution in [2.75, 3.05) is 43.1 Å². The molecule has 2 atom stereocenters.